The molecule has 0 radical (unpaired) electrons. The quantitative estimate of drug-likeness (QED) is 0.0871. The third kappa shape index (κ3) is 7.62. The number of carboxylic acid groups (broad SMARTS) is 1. The van der Waals surface area contributed by atoms with Gasteiger partial charge in [0.15, 0.2) is 22.5 Å². The molecule has 13 nitrogen and oxygen atoms in total. The molecule has 4 bridgehead atoms. The van der Waals surface area contributed by atoms with E-state index in [4.69, 9.17) is 19.8 Å². The van der Waals surface area contributed by atoms with Gasteiger partial charge in [-0.1, -0.05) is 37.3 Å². The second-order valence-electron chi connectivity index (χ2n) is 19.0. The summed E-state index contributed by atoms with van der Waals surface area (Å²) in [6, 6.07) is 11.8. The monoisotopic (exact) mass is 819 g/mol. The number of thiazole rings is 1. The number of aromatic carboxylic acids is 1. The van der Waals surface area contributed by atoms with Gasteiger partial charge in [0.05, 0.1) is 28.6 Å². The van der Waals surface area contributed by atoms with Crippen molar-refractivity contribution >= 4 is 50.1 Å². The van der Waals surface area contributed by atoms with Gasteiger partial charge in [0.1, 0.15) is 5.82 Å². The molecule has 312 valence electrons. The van der Waals surface area contributed by atoms with E-state index in [-0.39, 0.29) is 34.1 Å². The Bertz CT molecular complexity index is 2340. The highest BCUT2D eigenvalue weighted by Gasteiger charge is 2.66. The van der Waals surface area contributed by atoms with E-state index in [1.165, 1.54) is 6.42 Å². The number of ether oxygens (including phenoxy) is 1. The number of aliphatic hydroxyl groups is 1. The lowest BCUT2D eigenvalue weighted by Crippen LogP contribution is -2.64. The molecule has 10 rings (SSSR count). The highest BCUT2D eigenvalue weighted by Crippen LogP contribution is 2.72. The molecule has 0 amide bonds. The molecule has 4 aromatic heterocycles. The minimum Gasteiger partial charge on any atom is -0.476 e. The van der Waals surface area contributed by atoms with Gasteiger partial charge in [0.2, 0.25) is 0 Å². The first kappa shape index (κ1) is 39.9. The van der Waals surface area contributed by atoms with Crippen molar-refractivity contribution in [3.8, 4) is 11.1 Å². The van der Waals surface area contributed by atoms with E-state index in [0.29, 0.717) is 36.2 Å². The molecule has 0 spiro atoms. The molecule has 4 fully saturated rings. The zero-order valence-electron chi connectivity index (χ0n) is 35.1. The first-order valence-corrected chi connectivity index (χ1v) is 22.1. The van der Waals surface area contributed by atoms with Gasteiger partial charge >= 0.3 is 5.97 Å². The highest BCUT2D eigenvalue weighted by molar-refractivity contribution is 7.22. The van der Waals surface area contributed by atoms with Crippen LogP contribution >= 0.6 is 11.3 Å². The molecular weight excluding hydrogens is 763 g/mol. The Hall–Kier alpha value is -4.50. The van der Waals surface area contributed by atoms with Crippen LogP contribution in [-0.4, -0.2) is 96.5 Å². The van der Waals surface area contributed by atoms with E-state index in [2.05, 4.69) is 59.0 Å². The molecule has 5 aromatic rings. The van der Waals surface area contributed by atoms with Crippen LogP contribution in [0.2, 0.25) is 0 Å². The minimum absolute atomic E-state index is 0.000384. The van der Waals surface area contributed by atoms with Crippen LogP contribution < -0.4 is 10.2 Å². The maximum Gasteiger partial charge on any atom is 0.355 e. The predicted octanol–water partition coefficient (Wildman–Crippen LogP) is 8.33. The maximum atomic E-state index is 13.0. The molecule has 1 aliphatic heterocycles. The zero-order valence-corrected chi connectivity index (χ0v) is 35.9. The minimum atomic E-state index is -1.08. The fraction of sp³-hybridized carbons (Fsp3) is 0.556. The molecule has 2 atom stereocenters. The van der Waals surface area contributed by atoms with Gasteiger partial charge in [-0.15, -0.1) is 10.2 Å². The second-order valence-corrected chi connectivity index (χ2v) is 20.0. The average molecular weight is 820 g/mol. The number of nitrogens with one attached hydrogen (secondary N) is 1. The van der Waals surface area contributed by atoms with Crippen molar-refractivity contribution in [3.05, 3.63) is 65.1 Å². The zero-order chi connectivity index (χ0) is 41.2. The number of fused-ring (bicyclic) bond motifs is 2. The number of hydrogen-bond donors (Lipinski definition) is 3. The summed E-state index contributed by atoms with van der Waals surface area (Å²) in [4.78, 5) is 26.8. The molecule has 14 heteroatoms. The van der Waals surface area contributed by atoms with E-state index in [9.17, 15) is 15.0 Å². The predicted molar refractivity (Wildman–Crippen MR) is 231 cm³/mol. The number of nitrogens with zero attached hydrogens (tertiary/aromatic N) is 8. The molecular formula is C45H57N9O4S. The van der Waals surface area contributed by atoms with Gasteiger partial charge < -0.3 is 30.1 Å². The van der Waals surface area contributed by atoms with Crippen LogP contribution in [0.15, 0.2) is 42.6 Å². The highest BCUT2D eigenvalue weighted by atomic mass is 32.1. The second kappa shape index (κ2) is 15.2. The van der Waals surface area contributed by atoms with Gasteiger partial charge in [0.25, 0.3) is 0 Å². The van der Waals surface area contributed by atoms with Crippen molar-refractivity contribution in [2.24, 2.45) is 16.2 Å². The number of aromatic nitrogens is 6. The molecule has 5 heterocycles. The van der Waals surface area contributed by atoms with Crippen LogP contribution in [0.5, 0.6) is 0 Å². The number of benzene rings is 1. The summed E-state index contributed by atoms with van der Waals surface area (Å²) in [5, 5.41) is 38.2. The normalized spacial score (nSPS) is 25.9. The Labute approximate surface area is 350 Å². The SMILES string of the molecule is Cc1c(Nc2nc3ccccc3s2)nnc2c1CCCN2c1ccc(-c2cnn(CC34CC5(C)CC(C)(C3)CC(OCCN(C)CCCCO)(C5)C4)c2C)c(C(=O)O)n1. The summed E-state index contributed by atoms with van der Waals surface area (Å²) < 4.78 is 10.2. The number of carboxylic acids is 1. The molecule has 5 aliphatic rings. The molecule has 2 unspecified atom stereocenters. The van der Waals surface area contributed by atoms with Gasteiger partial charge in [0, 0.05) is 54.2 Å². The van der Waals surface area contributed by atoms with Crippen molar-refractivity contribution in [1.82, 2.24) is 34.8 Å². The fourth-order valence-corrected chi connectivity index (χ4v) is 13.2. The Balaban J connectivity index is 0.948. The molecule has 0 saturated heterocycles. The van der Waals surface area contributed by atoms with E-state index in [1.807, 2.05) is 48.4 Å². The van der Waals surface area contributed by atoms with Gasteiger partial charge in [-0.05, 0) is 132 Å². The summed E-state index contributed by atoms with van der Waals surface area (Å²) in [6.45, 7) is 13.3. The van der Waals surface area contributed by atoms with Crippen molar-refractivity contribution in [1.29, 1.82) is 0 Å². The van der Waals surface area contributed by atoms with Crippen LogP contribution in [0.25, 0.3) is 21.3 Å². The van der Waals surface area contributed by atoms with Crippen molar-refractivity contribution in [2.45, 2.75) is 104 Å². The third-order valence-electron chi connectivity index (χ3n) is 13.6. The van der Waals surface area contributed by atoms with Crippen molar-refractivity contribution in [3.63, 3.8) is 0 Å². The van der Waals surface area contributed by atoms with E-state index in [0.717, 1.165) is 115 Å². The Morgan fingerprint density at radius 3 is 2.53 bits per heavy atom. The largest absolute Gasteiger partial charge is 0.476 e. The van der Waals surface area contributed by atoms with Gasteiger partial charge in [-0.25, -0.2) is 14.8 Å². The number of pyridine rings is 1. The summed E-state index contributed by atoms with van der Waals surface area (Å²) in [5.74, 6) is 0.826. The number of likely N-dealkylation sites (N-methyl/N-ethyl adjacent to an activating group) is 1. The van der Waals surface area contributed by atoms with Crippen LogP contribution in [-0.2, 0) is 17.7 Å². The number of carbonyl (C=O) groups is 1. The molecule has 3 N–H and O–H groups in total. The van der Waals surface area contributed by atoms with Crippen LogP contribution in [0.1, 0.15) is 98.9 Å². The molecule has 4 saturated carbocycles. The van der Waals surface area contributed by atoms with E-state index in [1.54, 1.807) is 11.3 Å². The number of aliphatic hydroxyl groups excluding tert-OH is 1. The topological polar surface area (TPSA) is 155 Å². The smallest absolute Gasteiger partial charge is 0.355 e. The summed E-state index contributed by atoms with van der Waals surface area (Å²) in [6.07, 6.45) is 12.1. The standard InChI is InChI=1S/C45H57N9O4S/c1-29-31-11-10-17-53(39(31)51-50-38(29)49-41-47-34-12-6-7-13-35(34)59-41)36-15-14-32(37(48-36)40(56)57)33-21-46-54(30(33)2)28-44-23-42(3)22-43(4,24-44)26-45(25-42,27-44)58-20-18-52(5)16-8-9-19-55/h6-7,12-15,21,55H,8-11,16-20,22-28H2,1-5H3,(H,56,57)(H,47,49,50). The first-order chi connectivity index (χ1) is 28.3. The number of para-hydroxylation sites is 1. The Morgan fingerprint density at radius 1 is 0.966 bits per heavy atom. The number of rotatable bonds is 15. The maximum absolute atomic E-state index is 13.0. The van der Waals surface area contributed by atoms with Gasteiger partial charge in [-0.2, -0.15) is 5.10 Å². The first-order valence-electron chi connectivity index (χ1n) is 21.3. The number of anilines is 4. The Kier molecular flexibility index (Phi) is 10.3. The van der Waals surface area contributed by atoms with Crippen molar-refractivity contribution in [2.75, 3.05) is 50.1 Å². The molecule has 4 aliphatic carbocycles. The fourth-order valence-electron chi connectivity index (χ4n) is 12.3. The van der Waals surface area contributed by atoms with E-state index >= 15 is 0 Å². The molecule has 1 aromatic carbocycles. The summed E-state index contributed by atoms with van der Waals surface area (Å²) in [7, 11) is 2.14. The van der Waals surface area contributed by atoms with Crippen LogP contribution in [0.3, 0.4) is 0 Å². The lowest BCUT2D eigenvalue weighted by molar-refractivity contribution is -0.248. The average Bonchev–Trinajstić information content (AvgIpc) is 3.75. The van der Waals surface area contributed by atoms with Crippen LogP contribution in [0.4, 0.5) is 22.6 Å². The molecule has 59 heavy (non-hydrogen) atoms. The van der Waals surface area contributed by atoms with Crippen LogP contribution in [0, 0.1) is 30.1 Å². The van der Waals surface area contributed by atoms with E-state index < -0.39 is 5.97 Å². The number of unbranched alkanes of at least 4 members (excludes halogenated alkanes) is 1. The third-order valence-corrected chi connectivity index (χ3v) is 14.6. The summed E-state index contributed by atoms with van der Waals surface area (Å²) in [5.41, 5.74) is 5.62. The number of hydrogen-bond acceptors (Lipinski definition) is 12. The lowest BCUT2D eigenvalue weighted by Gasteiger charge is -2.69. The summed E-state index contributed by atoms with van der Waals surface area (Å²) >= 11 is 1.58. The van der Waals surface area contributed by atoms with Crippen molar-refractivity contribution < 1.29 is 19.7 Å². The lowest BCUT2D eigenvalue weighted by atomic mass is 9.39. The Morgan fingerprint density at radius 2 is 1.76 bits per heavy atom. The van der Waals surface area contributed by atoms with Gasteiger partial charge in [-0.3, -0.25) is 4.68 Å².